The molecule has 2 amide bonds. The first-order valence-electron chi connectivity index (χ1n) is 11.4. The third-order valence-corrected chi connectivity index (χ3v) is 6.63. The zero-order chi connectivity index (χ0) is 25.1. The van der Waals surface area contributed by atoms with Gasteiger partial charge in [-0.25, -0.2) is 14.8 Å². The molecule has 1 aliphatic rings. The van der Waals surface area contributed by atoms with Crippen LogP contribution in [0.4, 0.5) is 11.4 Å². The van der Waals surface area contributed by atoms with E-state index in [1.54, 1.807) is 47.7 Å². The van der Waals surface area contributed by atoms with Crippen LogP contribution in [0, 0.1) is 6.92 Å². The summed E-state index contributed by atoms with van der Waals surface area (Å²) in [6, 6.07) is 22.3. The summed E-state index contributed by atoms with van der Waals surface area (Å²) in [4.78, 5) is 41.7. The molecule has 0 aliphatic carbocycles. The Morgan fingerprint density at radius 3 is 2.58 bits per heavy atom. The predicted molar refractivity (Wildman–Crippen MR) is 140 cm³/mol. The predicted octanol–water partition coefficient (Wildman–Crippen LogP) is 4.94. The number of carbonyl (C=O) groups is 3. The molecule has 8 nitrogen and oxygen atoms in total. The molecule has 3 aromatic carbocycles. The average Bonchev–Trinajstić information content (AvgIpc) is 3.32. The van der Waals surface area contributed by atoms with Crippen molar-refractivity contribution in [1.29, 1.82) is 0 Å². The van der Waals surface area contributed by atoms with Crippen molar-refractivity contribution in [1.82, 2.24) is 4.98 Å². The quantitative estimate of drug-likeness (QED) is 0.380. The lowest BCUT2D eigenvalue weighted by molar-refractivity contribution is -0.140. The van der Waals surface area contributed by atoms with E-state index in [2.05, 4.69) is 28.4 Å². The highest BCUT2D eigenvalue weighted by Crippen LogP contribution is 2.31. The molecule has 0 fully saturated rings. The van der Waals surface area contributed by atoms with Crippen LogP contribution in [0.3, 0.4) is 0 Å². The Morgan fingerprint density at radius 2 is 1.81 bits per heavy atom. The first-order chi connectivity index (χ1) is 17.5. The molecule has 1 aliphatic heterocycles. The summed E-state index contributed by atoms with van der Waals surface area (Å²) in [7, 11) is 0. The van der Waals surface area contributed by atoms with Gasteiger partial charge in [0.25, 0.3) is 5.91 Å². The zero-order valence-corrected chi connectivity index (χ0v) is 20.2. The van der Waals surface area contributed by atoms with Gasteiger partial charge < -0.3 is 10.1 Å². The molecular weight excluding hydrogens is 476 g/mol. The minimum atomic E-state index is -0.722. The number of amides is 2. The van der Waals surface area contributed by atoms with Crippen molar-refractivity contribution >= 4 is 56.4 Å². The number of anilines is 2. The number of aromatic nitrogens is 1. The molecule has 0 unspecified atom stereocenters. The van der Waals surface area contributed by atoms with Gasteiger partial charge in [-0.3, -0.25) is 9.59 Å². The highest BCUT2D eigenvalue weighted by Gasteiger charge is 2.26. The maximum absolute atomic E-state index is 12.5. The number of hydrogen-bond acceptors (Lipinski definition) is 7. The van der Waals surface area contributed by atoms with E-state index < -0.39 is 18.5 Å². The molecule has 180 valence electrons. The summed E-state index contributed by atoms with van der Waals surface area (Å²) in [6.45, 7) is 1.59. The maximum Gasteiger partial charge on any atom is 0.355 e. The van der Waals surface area contributed by atoms with Crippen molar-refractivity contribution in [2.24, 2.45) is 5.10 Å². The second-order valence-electron chi connectivity index (χ2n) is 8.28. The highest BCUT2D eigenvalue weighted by atomic mass is 32.1. The van der Waals surface area contributed by atoms with Gasteiger partial charge in [-0.05, 0) is 61.0 Å². The van der Waals surface area contributed by atoms with E-state index in [0.29, 0.717) is 11.4 Å². The molecule has 1 N–H and O–H groups in total. The number of ether oxygens (including phenoxy) is 1. The molecule has 5 rings (SSSR count). The van der Waals surface area contributed by atoms with Crippen LogP contribution in [0.15, 0.2) is 77.9 Å². The Balaban J connectivity index is 1.18. The third-order valence-electron chi connectivity index (χ3n) is 5.56. The monoisotopic (exact) mass is 498 g/mol. The molecule has 2 heterocycles. The Bertz CT molecular complexity index is 1480. The van der Waals surface area contributed by atoms with E-state index in [4.69, 9.17) is 4.74 Å². The van der Waals surface area contributed by atoms with Crippen LogP contribution >= 0.6 is 11.3 Å². The topological polar surface area (TPSA) is 101 Å². The van der Waals surface area contributed by atoms with Crippen molar-refractivity contribution in [2.75, 3.05) is 16.9 Å². The van der Waals surface area contributed by atoms with Gasteiger partial charge in [0.05, 0.1) is 15.9 Å². The molecule has 0 atom stereocenters. The summed E-state index contributed by atoms with van der Waals surface area (Å²) in [5.74, 6) is -1.40. The number of nitrogens with zero attached hydrogens (tertiary/aromatic N) is 3. The summed E-state index contributed by atoms with van der Waals surface area (Å²) in [5, 5.41) is 8.95. The molecule has 0 spiro atoms. The van der Waals surface area contributed by atoms with Crippen LogP contribution in [-0.4, -0.2) is 35.1 Å². The number of hydrazone groups is 1. The van der Waals surface area contributed by atoms with Crippen LogP contribution in [0.5, 0.6) is 0 Å². The van der Waals surface area contributed by atoms with Gasteiger partial charge in [0, 0.05) is 24.1 Å². The normalized spacial score (nSPS) is 13.4. The zero-order valence-electron chi connectivity index (χ0n) is 19.4. The van der Waals surface area contributed by atoms with Crippen molar-refractivity contribution in [3.8, 4) is 10.6 Å². The number of fused-ring (bicyclic) bond motifs is 1. The summed E-state index contributed by atoms with van der Waals surface area (Å²) in [6.07, 6.45) is 0.297. The minimum Gasteiger partial charge on any atom is -0.451 e. The molecule has 9 heteroatoms. The van der Waals surface area contributed by atoms with Gasteiger partial charge in [0.2, 0.25) is 5.91 Å². The lowest BCUT2D eigenvalue weighted by Crippen LogP contribution is -2.35. The number of aryl methyl sites for hydroxylation is 1. The number of rotatable bonds is 6. The van der Waals surface area contributed by atoms with Crippen molar-refractivity contribution in [3.05, 3.63) is 78.4 Å². The summed E-state index contributed by atoms with van der Waals surface area (Å²) < 4.78 is 6.27. The SMILES string of the molecule is Cc1ccc2nc(-c3ccc(NC(=O)COC(=O)C4=NN(c5ccccc5)C(=O)CC4)cc3)sc2c1. The number of thiazole rings is 1. The number of para-hydroxylation sites is 1. The smallest absolute Gasteiger partial charge is 0.355 e. The van der Waals surface area contributed by atoms with Gasteiger partial charge in [-0.2, -0.15) is 5.10 Å². The maximum atomic E-state index is 12.5. The molecule has 1 aromatic heterocycles. The molecule has 4 aromatic rings. The van der Waals surface area contributed by atoms with Gasteiger partial charge in [0.15, 0.2) is 6.61 Å². The van der Waals surface area contributed by atoms with E-state index >= 15 is 0 Å². The van der Waals surface area contributed by atoms with Crippen molar-refractivity contribution in [3.63, 3.8) is 0 Å². The van der Waals surface area contributed by atoms with E-state index in [9.17, 15) is 14.4 Å². The Kier molecular flexibility index (Phi) is 6.55. The number of esters is 1. The lowest BCUT2D eigenvalue weighted by atomic mass is 10.1. The second kappa shape index (κ2) is 10.1. The Hall–Kier alpha value is -4.37. The highest BCUT2D eigenvalue weighted by molar-refractivity contribution is 7.21. The molecule has 0 saturated carbocycles. The van der Waals surface area contributed by atoms with E-state index in [0.717, 1.165) is 20.8 Å². The van der Waals surface area contributed by atoms with Gasteiger partial charge in [-0.1, -0.05) is 24.3 Å². The third kappa shape index (κ3) is 5.16. The molecule has 0 bridgehead atoms. The van der Waals surface area contributed by atoms with Gasteiger partial charge >= 0.3 is 5.97 Å². The van der Waals surface area contributed by atoms with Crippen molar-refractivity contribution < 1.29 is 19.1 Å². The molecule has 36 heavy (non-hydrogen) atoms. The molecule has 0 saturated heterocycles. The van der Waals surface area contributed by atoms with Crippen LogP contribution in [0.25, 0.3) is 20.8 Å². The number of benzene rings is 3. The van der Waals surface area contributed by atoms with E-state index in [1.165, 1.54) is 10.6 Å². The fraction of sp³-hybridized carbons (Fsp3) is 0.148. The fourth-order valence-electron chi connectivity index (χ4n) is 3.73. The summed E-state index contributed by atoms with van der Waals surface area (Å²) in [5.41, 5.74) is 4.34. The minimum absolute atomic E-state index is 0.0987. The van der Waals surface area contributed by atoms with Crippen LogP contribution in [0.2, 0.25) is 0 Å². The summed E-state index contributed by atoms with van der Waals surface area (Å²) >= 11 is 1.62. The van der Waals surface area contributed by atoms with Crippen LogP contribution in [-0.2, 0) is 19.1 Å². The number of nitrogens with one attached hydrogen (secondary N) is 1. The van der Waals surface area contributed by atoms with Crippen LogP contribution < -0.4 is 10.3 Å². The standard InChI is InChI=1S/C27H22N4O4S/c1-17-7-12-21-23(15-17)36-26(29-21)18-8-10-19(11-9-18)28-24(32)16-35-27(34)22-13-14-25(33)31(30-22)20-5-3-2-4-6-20/h2-12,15H,13-14,16H2,1H3,(H,28,32). The number of carbonyl (C=O) groups excluding carboxylic acids is 3. The lowest BCUT2D eigenvalue weighted by Gasteiger charge is -2.22. The average molecular weight is 499 g/mol. The fourth-order valence-corrected chi connectivity index (χ4v) is 4.80. The largest absolute Gasteiger partial charge is 0.451 e. The molecular formula is C27H22N4O4S. The molecule has 0 radical (unpaired) electrons. The van der Waals surface area contributed by atoms with Gasteiger partial charge in [-0.15, -0.1) is 11.3 Å². The number of hydrogen-bond donors (Lipinski definition) is 1. The second-order valence-corrected chi connectivity index (χ2v) is 9.31. The first-order valence-corrected chi connectivity index (χ1v) is 12.2. The van der Waals surface area contributed by atoms with E-state index in [1.807, 2.05) is 30.3 Å². The first kappa shape index (κ1) is 23.4. The van der Waals surface area contributed by atoms with Crippen molar-refractivity contribution in [2.45, 2.75) is 19.8 Å². The van der Waals surface area contributed by atoms with Crippen LogP contribution in [0.1, 0.15) is 18.4 Å². The Morgan fingerprint density at radius 1 is 1.03 bits per heavy atom. The van der Waals surface area contributed by atoms with E-state index in [-0.39, 0.29) is 24.5 Å². The Labute approximate surface area is 211 Å². The van der Waals surface area contributed by atoms with Gasteiger partial charge in [0.1, 0.15) is 10.7 Å².